The maximum absolute atomic E-state index is 13.5. The molecule has 3 rings (SSSR count). The van der Waals surface area contributed by atoms with Gasteiger partial charge in [-0.25, -0.2) is 8.42 Å². The summed E-state index contributed by atoms with van der Waals surface area (Å²) >= 11 is 6.24. The lowest BCUT2D eigenvalue weighted by Crippen LogP contribution is -2.41. The molecule has 0 saturated heterocycles. The molecule has 0 saturated carbocycles. The molecule has 7 nitrogen and oxygen atoms in total. The zero-order valence-electron chi connectivity index (χ0n) is 19.2. The second-order valence-electron chi connectivity index (χ2n) is 7.59. The van der Waals surface area contributed by atoms with Crippen molar-refractivity contribution in [2.24, 2.45) is 0 Å². The summed E-state index contributed by atoms with van der Waals surface area (Å²) in [7, 11) is -0.959. The number of rotatable bonds is 10. The van der Waals surface area contributed by atoms with Crippen molar-refractivity contribution in [3.63, 3.8) is 0 Å². The Hall–Kier alpha value is -3.23. The molecule has 180 valence electrons. The second kappa shape index (κ2) is 11.3. The zero-order valence-corrected chi connectivity index (χ0v) is 20.8. The van der Waals surface area contributed by atoms with Crippen LogP contribution < -0.4 is 19.1 Å². The monoisotopic (exact) mass is 502 g/mol. The maximum Gasteiger partial charge on any atom is 0.264 e. The van der Waals surface area contributed by atoms with Crippen LogP contribution in [0.4, 0.5) is 5.69 Å². The molecule has 0 atom stereocenters. The SMILES string of the molecule is COc1ccc(CCNC(=O)CN(c2ccc(OC)c(Cl)c2)S(=O)(=O)c2ccc(C)cc2)cc1. The van der Waals surface area contributed by atoms with Crippen LogP contribution in [0.2, 0.25) is 5.02 Å². The molecule has 0 aromatic heterocycles. The van der Waals surface area contributed by atoms with Crippen LogP contribution in [0.5, 0.6) is 11.5 Å². The minimum atomic E-state index is -4.03. The Morgan fingerprint density at radius 2 is 1.65 bits per heavy atom. The number of ether oxygens (including phenoxy) is 2. The highest BCUT2D eigenvalue weighted by Crippen LogP contribution is 2.32. The third kappa shape index (κ3) is 6.21. The van der Waals surface area contributed by atoms with Gasteiger partial charge < -0.3 is 14.8 Å². The highest BCUT2D eigenvalue weighted by molar-refractivity contribution is 7.92. The molecule has 1 N–H and O–H groups in total. The topological polar surface area (TPSA) is 84.9 Å². The van der Waals surface area contributed by atoms with Gasteiger partial charge in [-0.1, -0.05) is 41.4 Å². The van der Waals surface area contributed by atoms with Gasteiger partial charge in [0.05, 0.1) is 29.8 Å². The van der Waals surface area contributed by atoms with Gasteiger partial charge in [0.1, 0.15) is 18.0 Å². The lowest BCUT2D eigenvalue weighted by molar-refractivity contribution is -0.119. The van der Waals surface area contributed by atoms with E-state index in [9.17, 15) is 13.2 Å². The standard InChI is InChI=1S/C25H27ClN2O5S/c1-18-4-11-22(12-5-18)34(30,31)28(20-8-13-24(33-3)23(26)16-20)17-25(29)27-15-14-19-6-9-21(32-2)10-7-19/h4-13,16H,14-15,17H2,1-3H3,(H,27,29). The summed E-state index contributed by atoms with van der Waals surface area (Å²) in [4.78, 5) is 12.8. The number of sulfonamides is 1. The van der Waals surface area contributed by atoms with Crippen LogP contribution in [0.25, 0.3) is 0 Å². The van der Waals surface area contributed by atoms with Crippen molar-refractivity contribution < 1.29 is 22.7 Å². The number of carbonyl (C=O) groups excluding carboxylic acids is 1. The number of hydrogen-bond donors (Lipinski definition) is 1. The third-order valence-electron chi connectivity index (χ3n) is 5.21. The fourth-order valence-corrected chi connectivity index (χ4v) is 4.95. The molecule has 0 aliphatic heterocycles. The van der Waals surface area contributed by atoms with Crippen molar-refractivity contribution >= 4 is 33.2 Å². The van der Waals surface area contributed by atoms with Crippen LogP contribution in [0.15, 0.2) is 71.6 Å². The van der Waals surface area contributed by atoms with Gasteiger partial charge in [-0.15, -0.1) is 0 Å². The number of aryl methyl sites for hydroxylation is 1. The van der Waals surface area contributed by atoms with Crippen LogP contribution in [0.3, 0.4) is 0 Å². The predicted octanol–water partition coefficient (Wildman–Crippen LogP) is 4.22. The Labute approximate surface area is 205 Å². The first kappa shape index (κ1) is 25.4. The van der Waals surface area contributed by atoms with E-state index < -0.39 is 22.5 Å². The van der Waals surface area contributed by atoms with Crippen LogP contribution >= 0.6 is 11.6 Å². The molecule has 9 heteroatoms. The summed E-state index contributed by atoms with van der Waals surface area (Å²) in [5.74, 6) is 0.723. The Morgan fingerprint density at radius 1 is 0.971 bits per heavy atom. The third-order valence-corrected chi connectivity index (χ3v) is 7.30. The molecule has 34 heavy (non-hydrogen) atoms. The van der Waals surface area contributed by atoms with Crippen molar-refractivity contribution in [3.8, 4) is 11.5 Å². The molecule has 0 unspecified atom stereocenters. The summed E-state index contributed by atoms with van der Waals surface area (Å²) in [6, 6.07) is 18.6. The number of anilines is 1. The summed E-state index contributed by atoms with van der Waals surface area (Å²) in [5.41, 5.74) is 2.21. The quantitative estimate of drug-likeness (QED) is 0.448. The number of carbonyl (C=O) groups is 1. The molecular weight excluding hydrogens is 476 g/mol. The molecule has 0 fully saturated rings. The molecule has 0 aliphatic rings. The minimum absolute atomic E-state index is 0.0797. The number of methoxy groups -OCH3 is 2. The normalized spacial score (nSPS) is 11.1. The molecule has 0 radical (unpaired) electrons. The van der Waals surface area contributed by atoms with E-state index in [0.29, 0.717) is 18.7 Å². The Kier molecular flexibility index (Phi) is 8.41. The molecule has 0 bridgehead atoms. The fourth-order valence-electron chi connectivity index (χ4n) is 3.29. The first-order chi connectivity index (χ1) is 16.2. The van der Waals surface area contributed by atoms with Gasteiger partial charge in [-0.05, 0) is 61.4 Å². The number of nitrogens with zero attached hydrogens (tertiary/aromatic N) is 1. The van der Waals surface area contributed by atoms with Gasteiger partial charge in [0, 0.05) is 6.54 Å². The maximum atomic E-state index is 13.5. The van der Waals surface area contributed by atoms with E-state index in [2.05, 4.69) is 5.32 Å². The van der Waals surface area contributed by atoms with Gasteiger partial charge in [0.15, 0.2) is 0 Å². The van der Waals surface area contributed by atoms with E-state index in [1.165, 1.54) is 25.3 Å². The number of halogens is 1. The minimum Gasteiger partial charge on any atom is -0.497 e. The first-order valence-electron chi connectivity index (χ1n) is 10.6. The molecule has 1 amide bonds. The number of amides is 1. The Balaban J connectivity index is 1.79. The van der Waals surface area contributed by atoms with Crippen LogP contribution in [0.1, 0.15) is 11.1 Å². The predicted molar refractivity (Wildman–Crippen MR) is 133 cm³/mol. The van der Waals surface area contributed by atoms with E-state index >= 15 is 0 Å². The zero-order chi connectivity index (χ0) is 24.7. The Bertz CT molecular complexity index is 1230. The average molecular weight is 503 g/mol. The molecule has 0 heterocycles. The fraction of sp³-hybridized carbons (Fsp3) is 0.240. The van der Waals surface area contributed by atoms with E-state index in [1.54, 1.807) is 31.4 Å². The molecule has 0 aliphatic carbocycles. The second-order valence-corrected chi connectivity index (χ2v) is 9.86. The van der Waals surface area contributed by atoms with Crippen LogP contribution in [0, 0.1) is 6.92 Å². The largest absolute Gasteiger partial charge is 0.497 e. The smallest absolute Gasteiger partial charge is 0.264 e. The summed E-state index contributed by atoms with van der Waals surface area (Å²) < 4.78 is 38.3. The molecular formula is C25H27ClN2O5S. The van der Waals surface area contributed by atoms with Crippen molar-refractivity contribution in [3.05, 3.63) is 82.9 Å². The number of hydrogen-bond acceptors (Lipinski definition) is 5. The lowest BCUT2D eigenvalue weighted by Gasteiger charge is -2.24. The van der Waals surface area contributed by atoms with E-state index in [0.717, 1.165) is 21.2 Å². The van der Waals surface area contributed by atoms with Crippen molar-refractivity contribution in [1.82, 2.24) is 5.32 Å². The van der Waals surface area contributed by atoms with Crippen LogP contribution in [-0.2, 0) is 21.2 Å². The summed E-state index contributed by atoms with van der Waals surface area (Å²) in [6.07, 6.45) is 0.592. The molecule has 3 aromatic rings. The van der Waals surface area contributed by atoms with Crippen molar-refractivity contribution in [2.45, 2.75) is 18.2 Å². The Morgan fingerprint density at radius 3 is 2.24 bits per heavy atom. The van der Waals surface area contributed by atoms with E-state index in [-0.39, 0.29) is 15.6 Å². The highest BCUT2D eigenvalue weighted by Gasteiger charge is 2.27. The molecule has 0 spiro atoms. The highest BCUT2D eigenvalue weighted by atomic mass is 35.5. The van der Waals surface area contributed by atoms with E-state index in [4.69, 9.17) is 21.1 Å². The van der Waals surface area contributed by atoms with Crippen molar-refractivity contribution in [1.29, 1.82) is 0 Å². The summed E-state index contributed by atoms with van der Waals surface area (Å²) in [6.45, 7) is 1.82. The number of nitrogens with one attached hydrogen (secondary N) is 1. The average Bonchev–Trinajstić information content (AvgIpc) is 2.83. The van der Waals surface area contributed by atoms with E-state index in [1.807, 2.05) is 31.2 Å². The van der Waals surface area contributed by atoms with Gasteiger partial charge in [-0.2, -0.15) is 0 Å². The first-order valence-corrected chi connectivity index (χ1v) is 12.4. The van der Waals surface area contributed by atoms with Gasteiger partial charge in [0.2, 0.25) is 5.91 Å². The van der Waals surface area contributed by atoms with Gasteiger partial charge in [-0.3, -0.25) is 9.10 Å². The summed E-state index contributed by atoms with van der Waals surface area (Å²) in [5, 5.41) is 3.04. The lowest BCUT2D eigenvalue weighted by atomic mass is 10.1. The van der Waals surface area contributed by atoms with Crippen molar-refractivity contribution in [2.75, 3.05) is 31.6 Å². The van der Waals surface area contributed by atoms with Crippen LogP contribution in [-0.4, -0.2) is 41.6 Å². The van der Waals surface area contributed by atoms with Gasteiger partial charge >= 0.3 is 0 Å². The van der Waals surface area contributed by atoms with Gasteiger partial charge in [0.25, 0.3) is 10.0 Å². The number of benzene rings is 3. The molecule has 3 aromatic carbocycles.